The Morgan fingerprint density at radius 3 is 2.58 bits per heavy atom. The van der Waals surface area contributed by atoms with Crippen LogP contribution < -0.4 is 10.1 Å². The van der Waals surface area contributed by atoms with E-state index >= 15 is 0 Å². The molecular weight excluding hydrogens is 500 g/mol. The van der Waals surface area contributed by atoms with Gasteiger partial charge in [-0.2, -0.15) is 13.2 Å². The third kappa shape index (κ3) is 4.91. The highest BCUT2D eigenvalue weighted by molar-refractivity contribution is 5.79. The molecule has 5 nitrogen and oxygen atoms in total. The molecule has 1 heterocycles. The van der Waals surface area contributed by atoms with E-state index in [9.17, 15) is 22.4 Å². The van der Waals surface area contributed by atoms with Gasteiger partial charge in [0.15, 0.2) is 0 Å². The molecule has 206 valence electrons. The van der Waals surface area contributed by atoms with Crippen molar-refractivity contribution in [2.45, 2.75) is 76.3 Å². The van der Waals surface area contributed by atoms with E-state index in [-0.39, 0.29) is 17.1 Å². The molecule has 2 aromatic rings. The van der Waals surface area contributed by atoms with Gasteiger partial charge in [0.2, 0.25) is 5.91 Å². The highest BCUT2D eigenvalue weighted by atomic mass is 19.4. The number of carbonyl (C=O) groups excluding carboxylic acids is 1. The Balaban J connectivity index is 1.22. The Labute approximate surface area is 220 Å². The minimum absolute atomic E-state index is 0.0989. The van der Waals surface area contributed by atoms with Gasteiger partial charge in [0.05, 0.1) is 18.6 Å². The van der Waals surface area contributed by atoms with Crippen LogP contribution in [0.2, 0.25) is 0 Å². The number of benzene rings is 2. The van der Waals surface area contributed by atoms with Crippen LogP contribution in [0.4, 0.5) is 17.6 Å². The van der Waals surface area contributed by atoms with Gasteiger partial charge in [0.1, 0.15) is 18.2 Å². The van der Waals surface area contributed by atoms with Crippen LogP contribution in [-0.2, 0) is 28.7 Å². The van der Waals surface area contributed by atoms with E-state index in [0.717, 1.165) is 55.7 Å². The second-order valence-corrected chi connectivity index (χ2v) is 10.9. The van der Waals surface area contributed by atoms with E-state index in [2.05, 4.69) is 30.1 Å². The highest BCUT2D eigenvalue weighted by Gasteiger charge is 2.72. The normalized spacial score (nSPS) is 27.7. The van der Waals surface area contributed by atoms with Crippen LogP contribution in [0.5, 0.6) is 5.75 Å². The smallest absolute Gasteiger partial charge is 0.416 e. The first-order chi connectivity index (χ1) is 18.0. The molecule has 0 aromatic heterocycles. The SMILES string of the molecule is COCCOc1ccc(CN2[C@H]3CC(NC(=O)Cc4cc(F)ccc4C(F)(F)F)CC4CCC432)c(C)c1C. The zero-order valence-corrected chi connectivity index (χ0v) is 22.0. The number of carbonyl (C=O) groups is 1. The molecule has 2 aromatic carbocycles. The number of hydrogen-bond acceptors (Lipinski definition) is 4. The predicted molar refractivity (Wildman–Crippen MR) is 134 cm³/mol. The summed E-state index contributed by atoms with van der Waals surface area (Å²) >= 11 is 0. The monoisotopic (exact) mass is 534 g/mol. The fraction of sp³-hybridized carbons (Fsp3) is 0.552. The summed E-state index contributed by atoms with van der Waals surface area (Å²) in [5, 5.41) is 2.96. The van der Waals surface area contributed by atoms with Crippen molar-refractivity contribution in [3.8, 4) is 5.75 Å². The van der Waals surface area contributed by atoms with Crippen LogP contribution in [0, 0.1) is 25.6 Å². The van der Waals surface area contributed by atoms with Crippen LogP contribution in [-0.4, -0.2) is 48.8 Å². The number of ether oxygens (including phenoxy) is 2. The Morgan fingerprint density at radius 1 is 1.11 bits per heavy atom. The lowest BCUT2D eigenvalue weighted by Gasteiger charge is -2.43. The maximum atomic E-state index is 13.7. The van der Waals surface area contributed by atoms with Gasteiger partial charge in [0.25, 0.3) is 0 Å². The number of nitrogens with zero attached hydrogens (tertiary/aromatic N) is 1. The molecule has 3 aliphatic rings. The van der Waals surface area contributed by atoms with Crippen molar-refractivity contribution < 1.29 is 31.8 Å². The van der Waals surface area contributed by atoms with Gasteiger partial charge in [-0.1, -0.05) is 6.07 Å². The van der Waals surface area contributed by atoms with E-state index in [1.165, 1.54) is 11.1 Å². The topological polar surface area (TPSA) is 50.6 Å². The fourth-order valence-corrected chi connectivity index (χ4v) is 6.71. The molecule has 1 saturated heterocycles. The zero-order valence-electron chi connectivity index (χ0n) is 22.0. The number of likely N-dealkylation sites (tertiary alicyclic amines) is 1. The number of alkyl halides is 3. The molecule has 2 aliphatic carbocycles. The van der Waals surface area contributed by atoms with Gasteiger partial charge >= 0.3 is 6.18 Å². The van der Waals surface area contributed by atoms with Crippen molar-refractivity contribution in [2.75, 3.05) is 20.3 Å². The molecule has 4 unspecified atom stereocenters. The van der Waals surface area contributed by atoms with E-state index in [0.29, 0.717) is 31.2 Å². The minimum Gasteiger partial charge on any atom is -0.491 e. The average molecular weight is 535 g/mol. The molecule has 1 amide bonds. The van der Waals surface area contributed by atoms with Crippen molar-refractivity contribution in [3.05, 3.63) is 64.0 Å². The van der Waals surface area contributed by atoms with Crippen LogP contribution >= 0.6 is 0 Å². The standard InChI is InChI=1S/C29H34F4N2O3/c1-17-18(2)25(38-11-10-37-3)7-4-19(17)16-35-26-15-23(14-21-8-9-28(21,26)35)34-27(36)13-20-12-22(30)5-6-24(20)29(31,32)33/h4-7,12,21,23,26H,8-11,13-16H2,1-3H3,(H,34,36)/t21?,23?,26-,28?,35?/m0/s1. The molecule has 1 spiro atoms. The molecule has 38 heavy (non-hydrogen) atoms. The summed E-state index contributed by atoms with van der Waals surface area (Å²) in [6.07, 6.45) is -1.32. The minimum atomic E-state index is -4.64. The van der Waals surface area contributed by atoms with Gasteiger partial charge in [-0.25, -0.2) is 4.39 Å². The summed E-state index contributed by atoms with van der Waals surface area (Å²) in [4.78, 5) is 15.3. The Morgan fingerprint density at radius 2 is 1.89 bits per heavy atom. The van der Waals surface area contributed by atoms with Gasteiger partial charge in [0, 0.05) is 31.3 Å². The Hall–Kier alpha value is -2.65. The number of nitrogens with one attached hydrogen (secondary N) is 1. The summed E-state index contributed by atoms with van der Waals surface area (Å²) in [5.74, 6) is 0.0394. The Bertz CT molecular complexity index is 1220. The third-order valence-corrected chi connectivity index (χ3v) is 8.92. The second-order valence-electron chi connectivity index (χ2n) is 10.9. The van der Waals surface area contributed by atoms with Gasteiger partial charge in [-0.3, -0.25) is 9.69 Å². The molecule has 5 atom stereocenters. The first-order valence-corrected chi connectivity index (χ1v) is 13.2. The number of rotatable bonds is 9. The molecule has 9 heteroatoms. The largest absolute Gasteiger partial charge is 0.491 e. The third-order valence-electron chi connectivity index (χ3n) is 8.92. The maximum absolute atomic E-state index is 13.7. The van der Waals surface area contributed by atoms with Crippen molar-refractivity contribution in [2.24, 2.45) is 5.92 Å². The molecule has 0 bridgehead atoms. The first kappa shape index (κ1) is 26.9. The van der Waals surface area contributed by atoms with Crippen molar-refractivity contribution in [1.82, 2.24) is 10.2 Å². The number of amides is 1. The fourth-order valence-electron chi connectivity index (χ4n) is 6.71. The van der Waals surface area contributed by atoms with Crippen LogP contribution in [0.1, 0.15) is 53.5 Å². The summed E-state index contributed by atoms with van der Waals surface area (Å²) in [7, 11) is 1.64. The van der Waals surface area contributed by atoms with E-state index in [1.54, 1.807) is 7.11 Å². The zero-order chi connectivity index (χ0) is 27.2. The molecule has 0 radical (unpaired) electrons. The van der Waals surface area contributed by atoms with Crippen LogP contribution in [0.15, 0.2) is 30.3 Å². The van der Waals surface area contributed by atoms with Crippen molar-refractivity contribution >= 4 is 5.91 Å². The first-order valence-electron chi connectivity index (χ1n) is 13.2. The molecular formula is C29H34F4N2O3. The van der Waals surface area contributed by atoms with Crippen LogP contribution in [0.25, 0.3) is 0 Å². The quantitative estimate of drug-likeness (QED) is 0.268. The summed E-state index contributed by atoms with van der Waals surface area (Å²) in [6, 6.07) is 6.66. The van der Waals surface area contributed by atoms with E-state index in [1.807, 2.05) is 6.07 Å². The number of hydrogen-bond donors (Lipinski definition) is 1. The molecule has 2 saturated carbocycles. The van der Waals surface area contributed by atoms with Crippen molar-refractivity contribution in [1.29, 1.82) is 0 Å². The summed E-state index contributed by atoms with van der Waals surface area (Å²) < 4.78 is 64.6. The lowest BCUT2D eigenvalue weighted by Crippen LogP contribution is -2.50. The maximum Gasteiger partial charge on any atom is 0.416 e. The predicted octanol–water partition coefficient (Wildman–Crippen LogP) is 5.34. The molecule has 1 N–H and O–H groups in total. The number of halogens is 4. The summed E-state index contributed by atoms with van der Waals surface area (Å²) in [6.45, 7) is 6.03. The Kier molecular flexibility index (Phi) is 7.20. The lowest BCUT2D eigenvalue weighted by molar-refractivity contribution is -0.138. The molecule has 3 fully saturated rings. The summed E-state index contributed by atoms with van der Waals surface area (Å²) in [5.41, 5.74) is 2.45. The van der Waals surface area contributed by atoms with Crippen LogP contribution in [0.3, 0.4) is 0 Å². The van der Waals surface area contributed by atoms with E-state index < -0.39 is 29.9 Å². The van der Waals surface area contributed by atoms with Crippen molar-refractivity contribution in [3.63, 3.8) is 0 Å². The average Bonchev–Trinajstić information content (AvgIpc) is 3.49. The number of methoxy groups -OCH3 is 1. The van der Waals surface area contributed by atoms with Gasteiger partial charge < -0.3 is 14.8 Å². The second kappa shape index (κ2) is 10.2. The molecule has 5 rings (SSSR count). The lowest BCUT2D eigenvalue weighted by atomic mass is 9.63. The van der Waals surface area contributed by atoms with Gasteiger partial charge in [-0.05, 0) is 92.0 Å². The van der Waals surface area contributed by atoms with Gasteiger partial charge in [-0.15, -0.1) is 0 Å². The highest BCUT2D eigenvalue weighted by Crippen LogP contribution is 2.65. The van der Waals surface area contributed by atoms with E-state index in [4.69, 9.17) is 9.47 Å². The molecule has 1 aliphatic heterocycles.